The summed E-state index contributed by atoms with van der Waals surface area (Å²) in [6.07, 6.45) is 2.31. The van der Waals surface area contributed by atoms with Crippen molar-refractivity contribution >= 4 is 27.5 Å². The number of hydrogen-bond donors (Lipinski definition) is 1. The van der Waals surface area contributed by atoms with E-state index in [9.17, 15) is 22.4 Å². The number of anilines is 1. The zero-order valence-electron chi connectivity index (χ0n) is 25.1. The first kappa shape index (κ1) is 32.8. The minimum absolute atomic E-state index is 0.0206. The Morgan fingerprint density at radius 1 is 0.952 bits per heavy atom. The van der Waals surface area contributed by atoms with E-state index in [1.165, 1.54) is 15.3 Å². The van der Waals surface area contributed by atoms with Crippen LogP contribution in [0.2, 0.25) is 0 Å². The number of rotatable bonds is 14. The van der Waals surface area contributed by atoms with E-state index in [0.717, 1.165) is 22.9 Å². The molecule has 0 aliphatic heterocycles. The molecule has 0 saturated heterocycles. The highest BCUT2D eigenvalue weighted by molar-refractivity contribution is 7.92. The van der Waals surface area contributed by atoms with Crippen molar-refractivity contribution in [2.45, 2.75) is 72.0 Å². The quantitative estimate of drug-likeness (QED) is 0.265. The van der Waals surface area contributed by atoms with Crippen molar-refractivity contribution in [1.29, 1.82) is 0 Å². The van der Waals surface area contributed by atoms with Gasteiger partial charge in [0.1, 0.15) is 11.9 Å². The number of hydrogen-bond acceptors (Lipinski definition) is 4. The fraction of sp³-hybridized carbons (Fsp3) is 0.394. The van der Waals surface area contributed by atoms with E-state index >= 15 is 0 Å². The maximum atomic E-state index is 14.8. The molecular weight excluding hydrogens is 553 g/mol. The number of nitrogens with one attached hydrogen (secondary N) is 1. The van der Waals surface area contributed by atoms with Crippen LogP contribution in [0.4, 0.5) is 10.1 Å². The molecule has 0 saturated carbocycles. The Morgan fingerprint density at radius 3 is 2.24 bits per heavy atom. The van der Waals surface area contributed by atoms with Crippen LogP contribution in [0.3, 0.4) is 0 Å². The molecule has 0 bridgehead atoms. The molecule has 42 heavy (non-hydrogen) atoms. The molecule has 0 radical (unpaired) electrons. The Hall–Kier alpha value is -3.72. The third kappa shape index (κ3) is 9.14. The average molecular weight is 596 g/mol. The molecule has 0 fully saturated rings. The van der Waals surface area contributed by atoms with E-state index in [1.807, 2.05) is 70.2 Å². The van der Waals surface area contributed by atoms with Crippen molar-refractivity contribution < 1.29 is 22.4 Å². The Bertz CT molecular complexity index is 1460. The van der Waals surface area contributed by atoms with Crippen LogP contribution in [0.15, 0.2) is 72.8 Å². The van der Waals surface area contributed by atoms with Gasteiger partial charge in [0, 0.05) is 37.5 Å². The smallest absolute Gasteiger partial charge is 0.243 e. The summed E-state index contributed by atoms with van der Waals surface area (Å²) in [5.74, 6) is -1.13. The second kappa shape index (κ2) is 15.0. The van der Waals surface area contributed by atoms with E-state index in [-0.39, 0.29) is 50.2 Å². The number of amides is 2. The van der Waals surface area contributed by atoms with Crippen LogP contribution in [0.1, 0.15) is 55.4 Å². The third-order valence-corrected chi connectivity index (χ3v) is 8.70. The van der Waals surface area contributed by atoms with E-state index < -0.39 is 21.9 Å². The summed E-state index contributed by atoms with van der Waals surface area (Å²) in [6, 6.07) is 20.1. The lowest BCUT2D eigenvalue weighted by Gasteiger charge is -2.33. The lowest BCUT2D eigenvalue weighted by atomic mass is 10.0. The fourth-order valence-electron chi connectivity index (χ4n) is 4.69. The van der Waals surface area contributed by atoms with Crippen molar-refractivity contribution in [3.63, 3.8) is 0 Å². The van der Waals surface area contributed by atoms with Gasteiger partial charge in [0.25, 0.3) is 0 Å². The van der Waals surface area contributed by atoms with Gasteiger partial charge in [-0.25, -0.2) is 12.8 Å². The molecule has 3 aromatic carbocycles. The van der Waals surface area contributed by atoms with E-state index in [4.69, 9.17) is 0 Å². The van der Waals surface area contributed by atoms with Crippen LogP contribution in [-0.4, -0.2) is 50.0 Å². The molecular formula is C33H42FN3O4S. The SMILES string of the molecule is CCC(C)NC(=O)C(Cc1ccccc1)N(Cc1ccccc1F)C(=O)CCCN(c1ccc(C)c(C)c1)S(C)(=O)=O. The van der Waals surface area contributed by atoms with Gasteiger partial charge in [0.05, 0.1) is 11.9 Å². The number of benzene rings is 3. The van der Waals surface area contributed by atoms with Gasteiger partial charge < -0.3 is 10.2 Å². The zero-order chi connectivity index (χ0) is 30.9. The lowest BCUT2D eigenvalue weighted by Crippen LogP contribution is -2.52. The lowest BCUT2D eigenvalue weighted by molar-refractivity contribution is -0.141. The van der Waals surface area contributed by atoms with Gasteiger partial charge >= 0.3 is 0 Å². The number of aryl methyl sites for hydroxylation is 2. The molecule has 0 aliphatic rings. The first-order chi connectivity index (χ1) is 19.9. The molecule has 7 nitrogen and oxygen atoms in total. The van der Waals surface area contributed by atoms with Crippen LogP contribution in [0, 0.1) is 19.7 Å². The fourth-order valence-corrected chi connectivity index (χ4v) is 5.65. The van der Waals surface area contributed by atoms with Crippen molar-refractivity contribution in [2.75, 3.05) is 17.1 Å². The molecule has 0 aromatic heterocycles. The number of halogens is 1. The summed E-state index contributed by atoms with van der Waals surface area (Å²) in [7, 11) is -3.61. The van der Waals surface area contributed by atoms with Gasteiger partial charge in [-0.05, 0) is 68.5 Å². The molecule has 0 heterocycles. The highest BCUT2D eigenvalue weighted by Crippen LogP contribution is 2.23. The predicted octanol–water partition coefficient (Wildman–Crippen LogP) is 5.54. The molecule has 2 amide bonds. The molecule has 9 heteroatoms. The second-order valence-corrected chi connectivity index (χ2v) is 12.8. The van der Waals surface area contributed by atoms with Crippen LogP contribution < -0.4 is 9.62 Å². The van der Waals surface area contributed by atoms with Crippen molar-refractivity contribution in [3.8, 4) is 0 Å². The first-order valence-corrected chi connectivity index (χ1v) is 16.2. The predicted molar refractivity (Wildman–Crippen MR) is 166 cm³/mol. The minimum atomic E-state index is -3.61. The second-order valence-electron chi connectivity index (χ2n) is 10.8. The monoisotopic (exact) mass is 595 g/mol. The van der Waals surface area contributed by atoms with Gasteiger partial charge in [-0.3, -0.25) is 13.9 Å². The number of carbonyl (C=O) groups is 2. The van der Waals surface area contributed by atoms with Gasteiger partial charge in [0.15, 0.2) is 0 Å². The number of nitrogens with zero attached hydrogens (tertiary/aromatic N) is 2. The summed E-state index contributed by atoms with van der Waals surface area (Å²) in [6.45, 7) is 7.72. The Balaban J connectivity index is 1.91. The van der Waals surface area contributed by atoms with Crippen LogP contribution in [0.25, 0.3) is 0 Å². The highest BCUT2D eigenvalue weighted by atomic mass is 32.2. The summed E-state index contributed by atoms with van der Waals surface area (Å²) in [4.78, 5) is 28.9. The van der Waals surface area contributed by atoms with Gasteiger partial charge in [0.2, 0.25) is 21.8 Å². The Morgan fingerprint density at radius 2 is 1.62 bits per heavy atom. The summed E-state index contributed by atoms with van der Waals surface area (Å²) in [5, 5.41) is 3.00. The summed E-state index contributed by atoms with van der Waals surface area (Å²) >= 11 is 0. The maximum Gasteiger partial charge on any atom is 0.243 e. The van der Waals surface area contributed by atoms with E-state index in [2.05, 4.69) is 5.32 Å². The third-order valence-electron chi connectivity index (χ3n) is 7.50. The summed E-state index contributed by atoms with van der Waals surface area (Å²) < 4.78 is 41.5. The molecule has 2 unspecified atom stereocenters. The van der Waals surface area contributed by atoms with Crippen molar-refractivity contribution in [1.82, 2.24) is 10.2 Å². The van der Waals surface area contributed by atoms with Crippen molar-refractivity contribution in [3.05, 3.63) is 101 Å². The van der Waals surface area contributed by atoms with Gasteiger partial charge in [-0.2, -0.15) is 0 Å². The normalized spacial score (nSPS) is 12.8. The number of sulfonamides is 1. The van der Waals surface area contributed by atoms with Crippen molar-refractivity contribution in [2.24, 2.45) is 0 Å². The van der Waals surface area contributed by atoms with Crippen LogP contribution in [-0.2, 0) is 32.6 Å². The molecule has 1 N–H and O–H groups in total. The van der Waals surface area contributed by atoms with E-state index in [1.54, 1.807) is 24.3 Å². The molecule has 2 atom stereocenters. The maximum absolute atomic E-state index is 14.8. The Kier molecular flexibility index (Phi) is 11.7. The largest absolute Gasteiger partial charge is 0.352 e. The standard InChI is InChI=1S/C33H42FN3O4S/c1-6-26(4)35-33(39)31(22-27-13-8-7-9-14-27)36(23-28-15-10-11-16-30(28)34)32(38)17-12-20-37(42(5,40)41)29-19-18-24(2)25(3)21-29/h7-11,13-16,18-19,21,26,31H,6,12,17,20,22-23H2,1-5H3,(H,35,39). The molecule has 3 aromatic rings. The molecule has 3 rings (SSSR count). The molecule has 0 aliphatic carbocycles. The van der Waals surface area contributed by atoms with Crippen LogP contribution in [0.5, 0.6) is 0 Å². The Labute approximate surface area is 249 Å². The van der Waals surface area contributed by atoms with Gasteiger partial charge in [-0.15, -0.1) is 0 Å². The van der Waals surface area contributed by atoms with Gasteiger partial charge in [-0.1, -0.05) is 61.5 Å². The van der Waals surface area contributed by atoms with E-state index in [0.29, 0.717) is 17.7 Å². The molecule has 226 valence electrons. The summed E-state index contributed by atoms with van der Waals surface area (Å²) in [5.41, 5.74) is 3.71. The molecule has 0 spiro atoms. The first-order valence-electron chi connectivity index (χ1n) is 14.3. The minimum Gasteiger partial charge on any atom is -0.352 e. The highest BCUT2D eigenvalue weighted by Gasteiger charge is 2.31. The average Bonchev–Trinajstić information content (AvgIpc) is 2.95. The zero-order valence-corrected chi connectivity index (χ0v) is 26.0. The van der Waals surface area contributed by atoms with Crippen LogP contribution >= 0.6 is 0 Å². The number of carbonyl (C=O) groups excluding carboxylic acids is 2. The topological polar surface area (TPSA) is 86.8 Å².